The van der Waals surface area contributed by atoms with Crippen molar-refractivity contribution in [2.45, 2.75) is 11.4 Å². The van der Waals surface area contributed by atoms with Crippen LogP contribution in [0.5, 0.6) is 0 Å². The molecule has 0 N–H and O–H groups in total. The van der Waals surface area contributed by atoms with Gasteiger partial charge in [-0.1, -0.05) is 52.7 Å². The number of aromatic nitrogens is 1. The summed E-state index contributed by atoms with van der Waals surface area (Å²) in [5.74, 6) is -0.290. The number of carbonyl (C=O) groups is 1. The molecule has 0 spiro atoms. The first-order chi connectivity index (χ1) is 12.1. The minimum atomic E-state index is -0.290. The van der Waals surface area contributed by atoms with Gasteiger partial charge >= 0.3 is 0 Å². The van der Waals surface area contributed by atoms with E-state index in [1.807, 2.05) is 29.0 Å². The summed E-state index contributed by atoms with van der Waals surface area (Å²) in [6.07, 6.45) is 3.67. The molecule has 0 radical (unpaired) electrons. The maximum Gasteiger partial charge on any atom is 0.280 e. The molecule has 0 aliphatic heterocycles. The van der Waals surface area contributed by atoms with E-state index >= 15 is 0 Å². The Hall–Kier alpha value is -1.53. The first-order valence-electron chi connectivity index (χ1n) is 7.37. The third-order valence-corrected chi connectivity index (χ3v) is 6.21. The lowest BCUT2D eigenvalue weighted by Gasteiger charge is -2.04. The average molecular weight is 409 g/mol. The van der Waals surface area contributed by atoms with E-state index in [1.165, 1.54) is 23.1 Å². The van der Waals surface area contributed by atoms with Crippen LogP contribution < -0.4 is 4.80 Å². The van der Waals surface area contributed by atoms with Crippen molar-refractivity contribution in [1.82, 2.24) is 4.57 Å². The number of benzene rings is 2. The predicted molar refractivity (Wildman–Crippen MR) is 108 cm³/mol. The molecule has 3 aromatic rings. The van der Waals surface area contributed by atoms with Gasteiger partial charge in [-0.15, -0.1) is 18.3 Å². The van der Waals surface area contributed by atoms with Gasteiger partial charge < -0.3 is 4.57 Å². The zero-order valence-corrected chi connectivity index (χ0v) is 16.5. The number of fused-ring (bicyclic) bond motifs is 1. The molecule has 0 saturated heterocycles. The van der Waals surface area contributed by atoms with Gasteiger partial charge in [-0.25, -0.2) is 0 Å². The third kappa shape index (κ3) is 3.55. The molecule has 25 heavy (non-hydrogen) atoms. The minimum absolute atomic E-state index is 0.290. The smallest absolute Gasteiger partial charge is 0.280 e. The number of amides is 1. The molecule has 1 heterocycles. The first-order valence-corrected chi connectivity index (χ1v) is 10.2. The van der Waals surface area contributed by atoms with E-state index in [1.54, 1.807) is 24.3 Å². The largest absolute Gasteiger partial charge is 0.311 e. The van der Waals surface area contributed by atoms with Crippen LogP contribution in [0.15, 0.2) is 58.9 Å². The van der Waals surface area contributed by atoms with Crippen molar-refractivity contribution in [3.8, 4) is 0 Å². The lowest BCUT2D eigenvalue weighted by atomic mass is 10.2. The second kappa shape index (κ2) is 7.79. The highest BCUT2D eigenvalue weighted by molar-refractivity contribution is 7.98. The summed E-state index contributed by atoms with van der Waals surface area (Å²) in [5, 5.41) is 1.15. The third-order valence-electron chi connectivity index (χ3n) is 3.57. The van der Waals surface area contributed by atoms with Crippen molar-refractivity contribution in [1.29, 1.82) is 0 Å². The molecule has 3 nitrogen and oxygen atoms in total. The number of hydrogen-bond acceptors (Lipinski definition) is 3. The van der Waals surface area contributed by atoms with E-state index in [4.69, 9.17) is 23.2 Å². The highest BCUT2D eigenvalue weighted by Gasteiger charge is 2.15. The number of nitrogens with zero attached hydrogens (tertiary/aromatic N) is 2. The monoisotopic (exact) mass is 408 g/mol. The molecule has 3 rings (SSSR count). The van der Waals surface area contributed by atoms with Gasteiger partial charge in [0.1, 0.15) is 0 Å². The molecule has 0 bridgehead atoms. The van der Waals surface area contributed by atoms with E-state index in [2.05, 4.69) is 11.6 Å². The van der Waals surface area contributed by atoms with E-state index in [-0.39, 0.29) is 5.91 Å². The molecule has 0 unspecified atom stereocenters. The highest BCUT2D eigenvalue weighted by Crippen LogP contribution is 2.32. The molecule has 2 aromatic carbocycles. The second-order valence-electron chi connectivity index (χ2n) is 5.11. The van der Waals surface area contributed by atoms with Crippen molar-refractivity contribution in [2.24, 2.45) is 4.99 Å². The Kier molecular flexibility index (Phi) is 5.69. The van der Waals surface area contributed by atoms with Crippen molar-refractivity contribution in [2.75, 3.05) is 6.26 Å². The maximum atomic E-state index is 12.7. The normalized spacial score (nSPS) is 11.9. The maximum absolute atomic E-state index is 12.7. The van der Waals surface area contributed by atoms with Crippen LogP contribution in [-0.2, 0) is 6.54 Å². The molecule has 0 aliphatic rings. The van der Waals surface area contributed by atoms with Gasteiger partial charge in [0, 0.05) is 11.4 Å². The van der Waals surface area contributed by atoms with Crippen molar-refractivity contribution < 1.29 is 4.79 Å². The van der Waals surface area contributed by atoms with Gasteiger partial charge in [-0.05, 0) is 30.5 Å². The van der Waals surface area contributed by atoms with Crippen molar-refractivity contribution >= 4 is 62.4 Å². The van der Waals surface area contributed by atoms with Crippen molar-refractivity contribution in [3.63, 3.8) is 0 Å². The van der Waals surface area contributed by atoms with Crippen LogP contribution in [0.2, 0.25) is 10.0 Å². The fraction of sp³-hybridized carbons (Fsp3) is 0.111. The lowest BCUT2D eigenvalue weighted by molar-refractivity contribution is 0.0995. The lowest BCUT2D eigenvalue weighted by Crippen LogP contribution is -2.16. The molecule has 0 fully saturated rings. The first kappa shape index (κ1) is 18.3. The van der Waals surface area contributed by atoms with Gasteiger partial charge in [0.05, 0.1) is 25.8 Å². The van der Waals surface area contributed by atoms with Crippen LogP contribution in [0, 0.1) is 0 Å². The van der Waals surface area contributed by atoms with Crippen LogP contribution in [0.25, 0.3) is 10.2 Å². The zero-order chi connectivity index (χ0) is 18.0. The number of rotatable bonds is 4. The van der Waals surface area contributed by atoms with Crippen LogP contribution in [0.1, 0.15) is 10.4 Å². The summed E-state index contributed by atoms with van der Waals surface area (Å²) in [6, 6.07) is 10.9. The fourth-order valence-corrected chi connectivity index (χ4v) is 4.71. The number of hydrogen-bond donors (Lipinski definition) is 0. The Morgan fingerprint density at radius 3 is 2.72 bits per heavy atom. The predicted octanol–water partition coefficient (Wildman–Crippen LogP) is 5.66. The second-order valence-corrected chi connectivity index (χ2v) is 7.75. The number of halogens is 2. The van der Waals surface area contributed by atoms with Gasteiger partial charge in [-0.3, -0.25) is 4.79 Å². The Bertz CT molecular complexity index is 1040. The van der Waals surface area contributed by atoms with E-state index in [0.29, 0.717) is 27.0 Å². The Morgan fingerprint density at radius 2 is 2.00 bits per heavy atom. The summed E-state index contributed by atoms with van der Waals surface area (Å²) in [6.45, 7) is 4.26. The topological polar surface area (TPSA) is 34.4 Å². The standard InChI is InChI=1S/C18H14Cl2N2OS2/c1-3-10-22-15-12(19)8-9-13(20)16(15)25-18(22)21-17(23)11-6-4-5-7-14(11)24-2/h3-9H,1,10H2,2H3. The van der Waals surface area contributed by atoms with E-state index < -0.39 is 0 Å². The summed E-state index contributed by atoms with van der Waals surface area (Å²) >= 11 is 15.5. The summed E-state index contributed by atoms with van der Waals surface area (Å²) in [5.41, 5.74) is 1.35. The quantitative estimate of drug-likeness (QED) is 0.412. The van der Waals surface area contributed by atoms with Gasteiger partial charge in [-0.2, -0.15) is 4.99 Å². The van der Waals surface area contributed by atoms with Gasteiger partial charge in [0.15, 0.2) is 4.80 Å². The highest BCUT2D eigenvalue weighted by atomic mass is 35.5. The Labute approximate surface area is 163 Å². The average Bonchev–Trinajstić information content (AvgIpc) is 2.98. The molecule has 1 aromatic heterocycles. The molecule has 0 aliphatic carbocycles. The van der Waals surface area contributed by atoms with Crippen molar-refractivity contribution in [3.05, 3.63) is 69.5 Å². The van der Waals surface area contributed by atoms with Crippen LogP contribution in [0.4, 0.5) is 0 Å². The van der Waals surface area contributed by atoms with Gasteiger partial charge in [0.25, 0.3) is 5.91 Å². The summed E-state index contributed by atoms with van der Waals surface area (Å²) in [4.78, 5) is 18.5. The Balaban J connectivity index is 2.24. The minimum Gasteiger partial charge on any atom is -0.311 e. The fourth-order valence-electron chi connectivity index (χ4n) is 2.46. The summed E-state index contributed by atoms with van der Waals surface area (Å²) < 4.78 is 2.67. The number of carbonyl (C=O) groups excluding carboxylic acids is 1. The Morgan fingerprint density at radius 1 is 1.28 bits per heavy atom. The number of allylic oxidation sites excluding steroid dienone is 1. The molecule has 128 valence electrons. The molecule has 0 saturated carbocycles. The molecule has 7 heteroatoms. The zero-order valence-electron chi connectivity index (χ0n) is 13.3. The van der Waals surface area contributed by atoms with E-state index in [9.17, 15) is 4.79 Å². The number of thiazole rings is 1. The molecular weight excluding hydrogens is 395 g/mol. The number of thioether (sulfide) groups is 1. The molecule has 0 atom stereocenters. The summed E-state index contributed by atoms with van der Waals surface area (Å²) in [7, 11) is 0. The van der Waals surface area contributed by atoms with Crippen LogP contribution in [0.3, 0.4) is 0 Å². The van der Waals surface area contributed by atoms with Crippen LogP contribution >= 0.6 is 46.3 Å². The van der Waals surface area contributed by atoms with Crippen LogP contribution in [-0.4, -0.2) is 16.7 Å². The molecule has 1 amide bonds. The van der Waals surface area contributed by atoms with E-state index in [0.717, 1.165) is 15.1 Å². The SMILES string of the molecule is C=CCn1c(=NC(=O)c2ccccc2SC)sc2c(Cl)ccc(Cl)c21. The van der Waals surface area contributed by atoms with Gasteiger partial charge in [0.2, 0.25) is 0 Å². The molecular formula is C18H14Cl2N2OS2.